The van der Waals surface area contributed by atoms with Gasteiger partial charge in [0.05, 0.1) is 5.71 Å². The molecule has 4 nitrogen and oxygen atoms in total. The number of unbranched alkanes of at least 4 members (excludes halogenated alkanes) is 3. The van der Waals surface area contributed by atoms with Crippen LogP contribution in [-0.4, -0.2) is 34.8 Å². The lowest BCUT2D eigenvalue weighted by molar-refractivity contribution is -0.131. The maximum absolute atomic E-state index is 11.8. The lowest BCUT2D eigenvalue weighted by atomic mass is 10.1. The number of likely N-dealkylation sites (tertiary alicyclic amines) is 1. The molecule has 1 saturated heterocycles. The third kappa shape index (κ3) is 4.21. The highest BCUT2D eigenvalue weighted by molar-refractivity contribution is 5.87. The summed E-state index contributed by atoms with van der Waals surface area (Å²) < 4.78 is 0. The van der Waals surface area contributed by atoms with E-state index >= 15 is 0 Å². The number of nitrogens with zero attached hydrogens (tertiary/aromatic N) is 2. The molecule has 0 unspecified atom stereocenters. The van der Waals surface area contributed by atoms with Crippen molar-refractivity contribution in [3.05, 3.63) is 0 Å². The van der Waals surface area contributed by atoms with E-state index < -0.39 is 0 Å². The standard InChI is InChI=1S/C12H22N2O2/c1-2-3-4-5-6-12(15)14-9-7-11(13-16)8-10-14/h16H,2-10H2,1H3. The number of hydrogen-bond acceptors (Lipinski definition) is 3. The van der Waals surface area contributed by atoms with E-state index in [9.17, 15) is 4.79 Å². The van der Waals surface area contributed by atoms with Gasteiger partial charge in [-0.15, -0.1) is 0 Å². The highest BCUT2D eigenvalue weighted by atomic mass is 16.4. The van der Waals surface area contributed by atoms with Crippen LogP contribution in [0, 0.1) is 0 Å². The predicted octanol–water partition coefficient (Wildman–Crippen LogP) is 2.41. The number of carbonyl (C=O) groups excluding carboxylic acids is 1. The third-order valence-corrected chi connectivity index (χ3v) is 3.08. The SMILES string of the molecule is CCCCCCC(=O)N1CCC(=NO)CC1. The third-order valence-electron chi connectivity index (χ3n) is 3.08. The fraction of sp³-hybridized carbons (Fsp3) is 0.833. The van der Waals surface area contributed by atoms with Crippen LogP contribution < -0.4 is 0 Å². The first-order valence-electron chi connectivity index (χ1n) is 6.25. The van der Waals surface area contributed by atoms with Gasteiger partial charge in [0.2, 0.25) is 5.91 Å². The van der Waals surface area contributed by atoms with E-state index in [1.54, 1.807) is 0 Å². The van der Waals surface area contributed by atoms with Crippen molar-refractivity contribution in [2.45, 2.75) is 51.9 Å². The highest BCUT2D eigenvalue weighted by Gasteiger charge is 2.19. The fourth-order valence-electron chi connectivity index (χ4n) is 1.98. The van der Waals surface area contributed by atoms with Gasteiger partial charge in [-0.1, -0.05) is 31.3 Å². The molecular weight excluding hydrogens is 204 g/mol. The second-order valence-corrected chi connectivity index (χ2v) is 4.36. The minimum absolute atomic E-state index is 0.257. The number of oxime groups is 1. The fourth-order valence-corrected chi connectivity index (χ4v) is 1.98. The molecule has 0 aliphatic carbocycles. The molecule has 16 heavy (non-hydrogen) atoms. The number of piperidine rings is 1. The Kier molecular flexibility index (Phi) is 5.90. The Morgan fingerprint density at radius 3 is 2.56 bits per heavy atom. The summed E-state index contributed by atoms with van der Waals surface area (Å²) in [5.74, 6) is 0.257. The number of hydrogen-bond donors (Lipinski definition) is 1. The highest BCUT2D eigenvalue weighted by Crippen LogP contribution is 2.11. The van der Waals surface area contributed by atoms with Crippen LogP contribution in [0.2, 0.25) is 0 Å². The molecule has 0 atom stereocenters. The number of carbonyl (C=O) groups is 1. The summed E-state index contributed by atoms with van der Waals surface area (Å²) in [6.07, 6.45) is 6.69. The van der Waals surface area contributed by atoms with Gasteiger partial charge in [-0.05, 0) is 6.42 Å². The molecule has 1 fully saturated rings. The Morgan fingerprint density at radius 2 is 2.00 bits per heavy atom. The summed E-state index contributed by atoms with van der Waals surface area (Å²) >= 11 is 0. The topological polar surface area (TPSA) is 52.9 Å². The zero-order valence-corrected chi connectivity index (χ0v) is 10.1. The Balaban J connectivity index is 2.18. The maximum Gasteiger partial charge on any atom is 0.222 e. The molecule has 0 aromatic rings. The molecule has 0 bridgehead atoms. The van der Waals surface area contributed by atoms with Crippen molar-refractivity contribution in [2.24, 2.45) is 5.16 Å². The number of amides is 1. The van der Waals surface area contributed by atoms with Crippen molar-refractivity contribution in [3.63, 3.8) is 0 Å². The van der Waals surface area contributed by atoms with Gasteiger partial charge in [-0.25, -0.2) is 0 Å². The molecule has 1 heterocycles. The van der Waals surface area contributed by atoms with Gasteiger partial charge in [-0.3, -0.25) is 4.79 Å². The molecule has 4 heteroatoms. The molecular formula is C12H22N2O2. The van der Waals surface area contributed by atoms with E-state index in [1.165, 1.54) is 12.8 Å². The van der Waals surface area contributed by atoms with Crippen LogP contribution in [-0.2, 0) is 4.79 Å². The summed E-state index contributed by atoms with van der Waals surface area (Å²) in [6.45, 7) is 3.60. The van der Waals surface area contributed by atoms with Gasteiger partial charge in [-0.2, -0.15) is 0 Å². The van der Waals surface area contributed by atoms with Crippen molar-refractivity contribution in [1.82, 2.24) is 4.90 Å². The Hall–Kier alpha value is -1.06. The van der Waals surface area contributed by atoms with Crippen LogP contribution in [0.4, 0.5) is 0 Å². The summed E-state index contributed by atoms with van der Waals surface area (Å²) in [4.78, 5) is 13.7. The Labute approximate surface area is 97.3 Å². The molecule has 1 aliphatic heterocycles. The van der Waals surface area contributed by atoms with Crippen molar-refractivity contribution >= 4 is 11.6 Å². The van der Waals surface area contributed by atoms with Crippen molar-refractivity contribution in [3.8, 4) is 0 Å². The Morgan fingerprint density at radius 1 is 1.31 bits per heavy atom. The van der Waals surface area contributed by atoms with Crippen LogP contribution in [0.15, 0.2) is 5.16 Å². The minimum atomic E-state index is 0.257. The molecule has 0 saturated carbocycles. The zero-order valence-electron chi connectivity index (χ0n) is 10.1. The molecule has 1 amide bonds. The van der Waals surface area contributed by atoms with E-state index in [2.05, 4.69) is 12.1 Å². The predicted molar refractivity (Wildman–Crippen MR) is 63.8 cm³/mol. The van der Waals surface area contributed by atoms with E-state index in [0.29, 0.717) is 19.5 Å². The Bertz CT molecular complexity index is 241. The monoisotopic (exact) mass is 226 g/mol. The van der Waals surface area contributed by atoms with E-state index in [1.807, 2.05) is 4.90 Å². The quantitative estimate of drug-likeness (QED) is 0.444. The van der Waals surface area contributed by atoms with Crippen molar-refractivity contribution in [2.75, 3.05) is 13.1 Å². The smallest absolute Gasteiger partial charge is 0.222 e. The van der Waals surface area contributed by atoms with Gasteiger partial charge in [0, 0.05) is 32.4 Å². The molecule has 1 aliphatic rings. The van der Waals surface area contributed by atoms with E-state index in [-0.39, 0.29) is 5.91 Å². The van der Waals surface area contributed by atoms with Crippen LogP contribution in [0.5, 0.6) is 0 Å². The van der Waals surface area contributed by atoms with Gasteiger partial charge in [0.15, 0.2) is 0 Å². The number of rotatable bonds is 5. The van der Waals surface area contributed by atoms with Crippen molar-refractivity contribution < 1.29 is 10.0 Å². The lowest BCUT2D eigenvalue weighted by Crippen LogP contribution is -2.38. The molecule has 92 valence electrons. The molecule has 1 rings (SSSR count). The summed E-state index contributed by atoms with van der Waals surface area (Å²) in [7, 11) is 0. The second kappa shape index (κ2) is 7.25. The minimum Gasteiger partial charge on any atom is -0.411 e. The maximum atomic E-state index is 11.8. The van der Waals surface area contributed by atoms with Gasteiger partial charge < -0.3 is 10.1 Å². The zero-order chi connectivity index (χ0) is 11.8. The lowest BCUT2D eigenvalue weighted by Gasteiger charge is -2.27. The van der Waals surface area contributed by atoms with E-state index in [0.717, 1.165) is 31.4 Å². The first-order chi connectivity index (χ1) is 7.77. The molecule has 1 N–H and O–H groups in total. The molecule has 0 radical (unpaired) electrons. The second-order valence-electron chi connectivity index (χ2n) is 4.36. The average molecular weight is 226 g/mol. The van der Waals surface area contributed by atoms with Gasteiger partial charge in [0.1, 0.15) is 0 Å². The van der Waals surface area contributed by atoms with Gasteiger partial charge >= 0.3 is 0 Å². The average Bonchev–Trinajstić information content (AvgIpc) is 2.34. The van der Waals surface area contributed by atoms with E-state index in [4.69, 9.17) is 5.21 Å². The molecule has 0 spiro atoms. The normalized spacial score (nSPS) is 16.3. The van der Waals surface area contributed by atoms with Crippen LogP contribution >= 0.6 is 0 Å². The summed E-state index contributed by atoms with van der Waals surface area (Å²) in [5.41, 5.74) is 0.815. The van der Waals surface area contributed by atoms with Crippen LogP contribution in [0.3, 0.4) is 0 Å². The molecule has 0 aromatic heterocycles. The first-order valence-corrected chi connectivity index (χ1v) is 6.25. The van der Waals surface area contributed by atoms with Crippen molar-refractivity contribution in [1.29, 1.82) is 0 Å². The van der Waals surface area contributed by atoms with Crippen LogP contribution in [0.1, 0.15) is 51.9 Å². The molecule has 0 aromatic carbocycles. The largest absolute Gasteiger partial charge is 0.411 e. The van der Waals surface area contributed by atoms with Gasteiger partial charge in [0.25, 0.3) is 0 Å². The summed E-state index contributed by atoms with van der Waals surface area (Å²) in [5, 5.41) is 11.8. The summed E-state index contributed by atoms with van der Waals surface area (Å²) in [6, 6.07) is 0. The van der Waals surface area contributed by atoms with Crippen LogP contribution in [0.25, 0.3) is 0 Å². The first kappa shape index (κ1) is 13.0.